The van der Waals surface area contributed by atoms with Gasteiger partial charge in [-0.15, -0.1) is 10.2 Å². The van der Waals surface area contributed by atoms with Crippen molar-refractivity contribution in [1.29, 1.82) is 0 Å². The Hall–Kier alpha value is -3.77. The summed E-state index contributed by atoms with van der Waals surface area (Å²) in [5.74, 6) is -1.49. The molecule has 0 aromatic carbocycles. The Morgan fingerprint density at radius 1 is 1.21 bits per heavy atom. The quantitative estimate of drug-likeness (QED) is 0.467. The lowest BCUT2D eigenvalue weighted by atomic mass is 9.99. The van der Waals surface area contributed by atoms with Gasteiger partial charge in [0, 0.05) is 18.7 Å². The fourth-order valence-electron chi connectivity index (χ4n) is 3.85. The van der Waals surface area contributed by atoms with Gasteiger partial charge in [-0.1, -0.05) is 6.07 Å². The summed E-state index contributed by atoms with van der Waals surface area (Å²) in [5, 5.41) is 11.4. The molecule has 172 valence electrons. The lowest BCUT2D eigenvalue weighted by Crippen LogP contribution is -2.41. The number of rotatable bonds is 3. The standard InChI is InChI=1S/C20H17F4N7O2/c1-19(2,21)18-28-27-16(33-18)17(32)30-7-6-11-14(26-9-25-11)15(30)12-8-10-4-3-5-13(20(22,23)24)31(10)29-12/h3-5,8-9,15H,6-7H2,1-2H3,(H,25,26)/t15-/m0/s1. The first-order valence-electron chi connectivity index (χ1n) is 9.96. The molecule has 1 atom stereocenters. The molecule has 33 heavy (non-hydrogen) atoms. The minimum Gasteiger partial charge on any atom is -0.413 e. The van der Waals surface area contributed by atoms with E-state index in [1.807, 2.05) is 0 Å². The number of hydrogen-bond acceptors (Lipinski definition) is 6. The van der Waals surface area contributed by atoms with Crippen LogP contribution in [-0.2, 0) is 18.3 Å². The molecular weight excluding hydrogens is 446 g/mol. The number of carbonyl (C=O) groups excluding carboxylic acids is 1. The van der Waals surface area contributed by atoms with Gasteiger partial charge in [-0.2, -0.15) is 18.3 Å². The second-order valence-electron chi connectivity index (χ2n) is 8.12. The number of fused-ring (bicyclic) bond motifs is 2. The molecule has 0 spiro atoms. The zero-order valence-electron chi connectivity index (χ0n) is 17.4. The van der Waals surface area contributed by atoms with Crippen molar-refractivity contribution in [2.45, 2.75) is 38.2 Å². The van der Waals surface area contributed by atoms with Gasteiger partial charge in [-0.3, -0.25) is 4.79 Å². The molecule has 1 N–H and O–H groups in total. The van der Waals surface area contributed by atoms with Gasteiger partial charge >= 0.3 is 18.0 Å². The fraction of sp³-hybridized carbons (Fsp3) is 0.350. The molecule has 4 aromatic rings. The minimum atomic E-state index is -4.62. The second kappa shape index (κ2) is 7.12. The number of nitrogens with one attached hydrogen (secondary N) is 1. The molecule has 1 aliphatic rings. The highest BCUT2D eigenvalue weighted by molar-refractivity contribution is 5.90. The maximum absolute atomic E-state index is 14.1. The molecule has 0 unspecified atom stereocenters. The number of nitrogens with zero attached hydrogens (tertiary/aromatic N) is 6. The van der Waals surface area contributed by atoms with Crippen LogP contribution in [0.2, 0.25) is 0 Å². The number of pyridine rings is 1. The van der Waals surface area contributed by atoms with Crippen molar-refractivity contribution in [3.63, 3.8) is 0 Å². The third kappa shape index (κ3) is 3.52. The van der Waals surface area contributed by atoms with E-state index in [1.54, 1.807) is 0 Å². The number of carbonyl (C=O) groups is 1. The van der Waals surface area contributed by atoms with Crippen LogP contribution in [0.4, 0.5) is 17.6 Å². The van der Waals surface area contributed by atoms with Crippen LogP contribution in [0.15, 0.2) is 35.0 Å². The summed E-state index contributed by atoms with van der Waals surface area (Å²) < 4.78 is 60.6. The fourth-order valence-corrected chi connectivity index (χ4v) is 3.85. The SMILES string of the molecule is CC(C)(F)c1nnc(C(=O)N2CCc3[nH]cnc3[C@@H]2c2cc3cccc(C(F)(F)F)n3n2)o1. The maximum atomic E-state index is 14.1. The number of alkyl halides is 4. The summed E-state index contributed by atoms with van der Waals surface area (Å²) in [7, 11) is 0. The van der Waals surface area contributed by atoms with Crippen molar-refractivity contribution in [3.8, 4) is 0 Å². The maximum Gasteiger partial charge on any atom is 0.433 e. The molecule has 0 aliphatic carbocycles. The van der Waals surface area contributed by atoms with Crippen LogP contribution in [0.1, 0.15) is 59.2 Å². The van der Waals surface area contributed by atoms with Crippen LogP contribution in [0.25, 0.3) is 5.52 Å². The molecule has 0 saturated heterocycles. The highest BCUT2D eigenvalue weighted by atomic mass is 19.4. The zero-order valence-corrected chi connectivity index (χ0v) is 17.4. The van der Waals surface area contributed by atoms with E-state index < -0.39 is 35.4 Å². The number of hydrogen-bond donors (Lipinski definition) is 1. The first-order valence-corrected chi connectivity index (χ1v) is 9.96. The lowest BCUT2D eigenvalue weighted by molar-refractivity contribution is -0.142. The average molecular weight is 463 g/mol. The van der Waals surface area contributed by atoms with Gasteiger partial charge in [0.15, 0.2) is 5.67 Å². The molecule has 1 aliphatic heterocycles. The van der Waals surface area contributed by atoms with Gasteiger partial charge in [-0.25, -0.2) is 13.9 Å². The van der Waals surface area contributed by atoms with Crippen LogP contribution in [0.5, 0.6) is 0 Å². The van der Waals surface area contributed by atoms with Gasteiger partial charge in [-0.05, 0) is 32.0 Å². The molecule has 13 heteroatoms. The molecule has 5 rings (SSSR count). The Labute approximate surface area is 183 Å². The van der Waals surface area contributed by atoms with Crippen molar-refractivity contribution >= 4 is 11.4 Å². The van der Waals surface area contributed by atoms with E-state index in [0.29, 0.717) is 12.1 Å². The van der Waals surface area contributed by atoms with Crippen molar-refractivity contribution in [1.82, 2.24) is 34.7 Å². The van der Waals surface area contributed by atoms with E-state index >= 15 is 0 Å². The third-order valence-electron chi connectivity index (χ3n) is 5.38. The summed E-state index contributed by atoms with van der Waals surface area (Å²) in [6.45, 7) is 2.60. The van der Waals surface area contributed by atoms with Crippen LogP contribution < -0.4 is 0 Å². The second-order valence-corrected chi connectivity index (χ2v) is 8.12. The smallest absolute Gasteiger partial charge is 0.413 e. The Balaban J connectivity index is 1.61. The molecule has 0 fully saturated rings. The van der Waals surface area contributed by atoms with Crippen LogP contribution >= 0.6 is 0 Å². The van der Waals surface area contributed by atoms with Crippen molar-refractivity contribution < 1.29 is 26.8 Å². The third-order valence-corrected chi connectivity index (χ3v) is 5.38. The Morgan fingerprint density at radius 3 is 2.70 bits per heavy atom. The first kappa shape index (κ1) is 21.1. The van der Waals surface area contributed by atoms with Crippen LogP contribution in [0.3, 0.4) is 0 Å². The van der Waals surface area contributed by atoms with E-state index in [9.17, 15) is 22.4 Å². The van der Waals surface area contributed by atoms with Crippen LogP contribution in [-0.4, -0.2) is 47.1 Å². The molecule has 9 nitrogen and oxygen atoms in total. The molecule has 0 bridgehead atoms. The molecular formula is C20H17F4N7O2. The highest BCUT2D eigenvalue weighted by Crippen LogP contribution is 2.36. The summed E-state index contributed by atoms with van der Waals surface area (Å²) in [6, 6.07) is 4.24. The zero-order chi connectivity index (χ0) is 23.5. The van der Waals surface area contributed by atoms with Crippen molar-refractivity contribution in [2.24, 2.45) is 0 Å². The molecule has 4 aromatic heterocycles. The highest BCUT2D eigenvalue weighted by Gasteiger charge is 2.40. The Kier molecular flexibility index (Phi) is 4.55. The predicted molar refractivity (Wildman–Crippen MR) is 104 cm³/mol. The monoisotopic (exact) mass is 463 g/mol. The number of halogens is 4. The van der Waals surface area contributed by atoms with E-state index in [-0.39, 0.29) is 23.6 Å². The molecule has 5 heterocycles. The topological polar surface area (TPSA) is 105 Å². The van der Waals surface area contributed by atoms with Gasteiger partial charge in [0.2, 0.25) is 0 Å². The van der Waals surface area contributed by atoms with Gasteiger partial charge in [0.25, 0.3) is 5.89 Å². The molecule has 0 saturated carbocycles. The number of aromatic amines is 1. The number of aromatic nitrogens is 6. The van der Waals surface area contributed by atoms with Gasteiger partial charge in [0.1, 0.15) is 11.7 Å². The minimum absolute atomic E-state index is 0.176. The van der Waals surface area contributed by atoms with Crippen molar-refractivity contribution in [2.75, 3.05) is 6.54 Å². The Bertz CT molecular complexity index is 1350. The summed E-state index contributed by atoms with van der Waals surface area (Å²) >= 11 is 0. The molecule has 1 amide bonds. The number of H-pyrrole nitrogens is 1. The van der Waals surface area contributed by atoms with E-state index in [4.69, 9.17) is 4.42 Å². The van der Waals surface area contributed by atoms with E-state index in [0.717, 1.165) is 16.3 Å². The van der Waals surface area contributed by atoms with Gasteiger partial charge < -0.3 is 14.3 Å². The summed E-state index contributed by atoms with van der Waals surface area (Å²) in [5.41, 5.74) is -1.34. The van der Waals surface area contributed by atoms with E-state index in [1.165, 1.54) is 43.3 Å². The van der Waals surface area contributed by atoms with Crippen molar-refractivity contribution in [3.05, 3.63) is 65.1 Å². The predicted octanol–water partition coefficient (Wildman–Crippen LogP) is 3.45. The largest absolute Gasteiger partial charge is 0.433 e. The average Bonchev–Trinajstić information content (AvgIpc) is 3.49. The number of amides is 1. The van der Waals surface area contributed by atoms with Gasteiger partial charge in [0.05, 0.1) is 23.2 Å². The lowest BCUT2D eigenvalue weighted by Gasteiger charge is -2.32. The molecule has 0 radical (unpaired) electrons. The van der Waals surface area contributed by atoms with E-state index in [2.05, 4.69) is 25.3 Å². The summed E-state index contributed by atoms with van der Waals surface area (Å²) in [4.78, 5) is 21.9. The first-order chi connectivity index (χ1) is 15.5. The Morgan fingerprint density at radius 2 is 2.00 bits per heavy atom. The van der Waals surface area contributed by atoms with Crippen LogP contribution in [0, 0.1) is 0 Å². The summed E-state index contributed by atoms with van der Waals surface area (Å²) in [6.07, 6.45) is -2.77. The number of imidazole rings is 1. The normalized spacial score (nSPS) is 16.9.